The highest BCUT2D eigenvalue weighted by molar-refractivity contribution is 7.89. The summed E-state index contributed by atoms with van der Waals surface area (Å²) in [5.74, 6) is 0. The van der Waals surface area contributed by atoms with Gasteiger partial charge in [0.2, 0.25) is 10.0 Å². The van der Waals surface area contributed by atoms with E-state index in [0.717, 1.165) is 19.5 Å². The molecule has 0 spiro atoms. The minimum Gasteiger partial charge on any atom is -0.398 e. The number of hydrogen-bond donors (Lipinski definition) is 2. The van der Waals surface area contributed by atoms with Gasteiger partial charge in [-0.15, -0.1) is 0 Å². The van der Waals surface area contributed by atoms with Crippen molar-refractivity contribution in [2.75, 3.05) is 18.8 Å². The van der Waals surface area contributed by atoms with Crippen molar-refractivity contribution < 1.29 is 8.42 Å². The van der Waals surface area contributed by atoms with Gasteiger partial charge in [-0.1, -0.05) is 11.6 Å². The second-order valence-electron chi connectivity index (χ2n) is 5.52. The molecule has 0 radical (unpaired) electrons. The van der Waals surface area contributed by atoms with Crippen LogP contribution in [0.25, 0.3) is 0 Å². The van der Waals surface area contributed by atoms with Crippen molar-refractivity contribution in [1.29, 1.82) is 0 Å². The van der Waals surface area contributed by atoms with E-state index in [0.29, 0.717) is 11.1 Å². The molecule has 110 valence electrons. The fourth-order valence-electron chi connectivity index (χ4n) is 2.68. The Labute approximate surface area is 124 Å². The minimum atomic E-state index is -3.61. The molecule has 1 aliphatic carbocycles. The van der Waals surface area contributed by atoms with Gasteiger partial charge in [0.1, 0.15) is 4.90 Å². The molecule has 0 bridgehead atoms. The highest BCUT2D eigenvalue weighted by Crippen LogP contribution is 2.30. The zero-order valence-electron chi connectivity index (χ0n) is 11.0. The molecule has 1 saturated heterocycles. The molecule has 1 aromatic rings. The quantitative estimate of drug-likeness (QED) is 0.824. The molecule has 20 heavy (non-hydrogen) atoms. The summed E-state index contributed by atoms with van der Waals surface area (Å²) in [5, 5.41) is 0.366. The van der Waals surface area contributed by atoms with E-state index in [1.807, 2.05) is 0 Å². The molecule has 3 N–H and O–H groups in total. The summed E-state index contributed by atoms with van der Waals surface area (Å²) >= 11 is 5.86. The highest BCUT2D eigenvalue weighted by Gasteiger charge is 2.36. The molecule has 0 amide bonds. The molecule has 7 heteroatoms. The van der Waals surface area contributed by atoms with E-state index in [2.05, 4.69) is 9.62 Å². The van der Waals surface area contributed by atoms with Crippen molar-refractivity contribution in [3.8, 4) is 0 Å². The van der Waals surface area contributed by atoms with E-state index >= 15 is 0 Å². The van der Waals surface area contributed by atoms with Gasteiger partial charge in [-0.05, 0) is 37.5 Å². The number of hydrogen-bond acceptors (Lipinski definition) is 4. The normalized spacial score (nSPS) is 24.1. The van der Waals surface area contributed by atoms with Crippen molar-refractivity contribution in [3.63, 3.8) is 0 Å². The Kier molecular flexibility index (Phi) is 3.66. The Morgan fingerprint density at radius 3 is 2.75 bits per heavy atom. The third-order valence-corrected chi connectivity index (χ3v) is 5.68. The van der Waals surface area contributed by atoms with Gasteiger partial charge in [-0.3, -0.25) is 4.90 Å². The van der Waals surface area contributed by atoms with Crippen LogP contribution < -0.4 is 10.5 Å². The fourth-order valence-corrected chi connectivity index (χ4v) is 4.33. The number of nitrogen functional groups attached to an aromatic ring is 1. The Hall–Kier alpha value is -0.820. The van der Waals surface area contributed by atoms with E-state index in [9.17, 15) is 8.42 Å². The van der Waals surface area contributed by atoms with Gasteiger partial charge in [0.25, 0.3) is 0 Å². The molecule has 1 saturated carbocycles. The van der Waals surface area contributed by atoms with Crippen LogP contribution >= 0.6 is 11.6 Å². The number of nitrogens with two attached hydrogens (primary N) is 1. The lowest BCUT2D eigenvalue weighted by Gasteiger charge is -2.16. The monoisotopic (exact) mass is 315 g/mol. The predicted molar refractivity (Wildman–Crippen MR) is 79.2 cm³/mol. The molecule has 5 nitrogen and oxygen atoms in total. The first-order chi connectivity index (χ1) is 9.45. The molecule has 1 unspecified atom stereocenters. The summed E-state index contributed by atoms with van der Waals surface area (Å²) in [7, 11) is -3.61. The first-order valence-corrected chi connectivity index (χ1v) is 8.63. The lowest BCUT2D eigenvalue weighted by atomic mass is 10.3. The number of rotatable bonds is 4. The van der Waals surface area contributed by atoms with Crippen molar-refractivity contribution in [2.45, 2.75) is 36.2 Å². The summed E-state index contributed by atoms with van der Waals surface area (Å²) < 4.78 is 27.5. The number of anilines is 1. The molecule has 0 aromatic heterocycles. The van der Waals surface area contributed by atoms with Gasteiger partial charge in [-0.25, -0.2) is 13.1 Å². The van der Waals surface area contributed by atoms with Crippen LogP contribution in [0.2, 0.25) is 5.02 Å². The van der Waals surface area contributed by atoms with Crippen LogP contribution in [0.5, 0.6) is 0 Å². The van der Waals surface area contributed by atoms with Gasteiger partial charge < -0.3 is 5.73 Å². The number of nitrogens with one attached hydrogen (secondary N) is 1. The average Bonchev–Trinajstić information content (AvgIpc) is 3.13. The first-order valence-electron chi connectivity index (χ1n) is 6.77. The SMILES string of the molecule is Nc1ccc(Cl)cc1S(=O)(=O)NC1CCN(C2CC2)C1. The van der Waals surface area contributed by atoms with Crippen LogP contribution in [-0.4, -0.2) is 38.5 Å². The van der Waals surface area contributed by atoms with E-state index in [4.69, 9.17) is 17.3 Å². The lowest BCUT2D eigenvalue weighted by Crippen LogP contribution is -2.37. The van der Waals surface area contributed by atoms with Crippen molar-refractivity contribution in [1.82, 2.24) is 9.62 Å². The van der Waals surface area contributed by atoms with E-state index in [1.165, 1.54) is 25.0 Å². The van der Waals surface area contributed by atoms with Crippen molar-refractivity contribution in [2.24, 2.45) is 0 Å². The molecular weight excluding hydrogens is 298 g/mol. The third kappa shape index (κ3) is 2.93. The van der Waals surface area contributed by atoms with Crippen LogP contribution in [0.15, 0.2) is 23.1 Å². The summed E-state index contributed by atoms with van der Waals surface area (Å²) in [6.07, 6.45) is 3.32. The molecule has 3 rings (SSSR count). The fraction of sp³-hybridized carbons (Fsp3) is 0.538. The van der Waals surface area contributed by atoms with Crippen LogP contribution in [-0.2, 0) is 10.0 Å². The number of nitrogens with zero attached hydrogens (tertiary/aromatic N) is 1. The third-order valence-electron chi connectivity index (χ3n) is 3.87. The Bertz CT molecular complexity index is 616. The average molecular weight is 316 g/mol. The molecule has 1 aliphatic heterocycles. The first kappa shape index (κ1) is 14.1. The Balaban J connectivity index is 1.73. The summed E-state index contributed by atoms with van der Waals surface area (Å²) in [6, 6.07) is 5.12. The molecular formula is C13H18ClN3O2S. The number of sulfonamides is 1. The van der Waals surface area contributed by atoms with Crippen molar-refractivity contribution >= 4 is 27.3 Å². The zero-order chi connectivity index (χ0) is 14.3. The summed E-state index contributed by atoms with van der Waals surface area (Å²) in [6.45, 7) is 1.74. The van der Waals surface area contributed by atoms with Crippen molar-refractivity contribution in [3.05, 3.63) is 23.2 Å². The molecule has 1 heterocycles. The predicted octanol–water partition coefficient (Wildman–Crippen LogP) is 1.44. The van der Waals surface area contributed by atoms with Gasteiger partial charge in [0, 0.05) is 30.2 Å². The molecule has 1 aromatic carbocycles. The van der Waals surface area contributed by atoms with Gasteiger partial charge in [0.05, 0.1) is 5.69 Å². The topological polar surface area (TPSA) is 75.4 Å². The maximum Gasteiger partial charge on any atom is 0.242 e. The minimum absolute atomic E-state index is 0.0426. The lowest BCUT2D eigenvalue weighted by molar-refractivity contribution is 0.322. The molecule has 2 fully saturated rings. The van der Waals surface area contributed by atoms with Crippen LogP contribution in [0.4, 0.5) is 5.69 Å². The van der Waals surface area contributed by atoms with Crippen LogP contribution in [0.3, 0.4) is 0 Å². The highest BCUT2D eigenvalue weighted by atomic mass is 35.5. The van der Waals surface area contributed by atoms with E-state index in [1.54, 1.807) is 6.07 Å². The second-order valence-corrected chi connectivity index (χ2v) is 7.63. The Morgan fingerprint density at radius 2 is 2.05 bits per heavy atom. The Morgan fingerprint density at radius 1 is 1.30 bits per heavy atom. The van der Waals surface area contributed by atoms with Crippen LogP contribution in [0.1, 0.15) is 19.3 Å². The molecule has 1 atom stereocenters. The van der Waals surface area contributed by atoms with Gasteiger partial charge >= 0.3 is 0 Å². The summed E-state index contributed by atoms with van der Waals surface area (Å²) in [4.78, 5) is 2.42. The maximum atomic E-state index is 12.4. The number of likely N-dealkylation sites (tertiary alicyclic amines) is 1. The standard InChI is InChI=1S/C13H18ClN3O2S/c14-9-1-4-12(15)13(7-9)20(18,19)16-10-5-6-17(8-10)11-2-3-11/h1,4,7,10-11,16H,2-3,5-6,8,15H2. The summed E-state index contributed by atoms with van der Waals surface area (Å²) in [5.41, 5.74) is 5.97. The number of benzene rings is 1. The van der Waals surface area contributed by atoms with E-state index in [-0.39, 0.29) is 16.6 Å². The zero-order valence-corrected chi connectivity index (χ0v) is 12.6. The van der Waals surface area contributed by atoms with Gasteiger partial charge in [0.15, 0.2) is 0 Å². The smallest absolute Gasteiger partial charge is 0.242 e. The number of halogens is 1. The largest absolute Gasteiger partial charge is 0.398 e. The molecule has 2 aliphatic rings. The second kappa shape index (κ2) is 5.18. The van der Waals surface area contributed by atoms with E-state index < -0.39 is 10.0 Å². The van der Waals surface area contributed by atoms with Crippen LogP contribution in [0, 0.1) is 0 Å². The van der Waals surface area contributed by atoms with Gasteiger partial charge in [-0.2, -0.15) is 0 Å². The maximum absolute atomic E-state index is 12.4.